The summed E-state index contributed by atoms with van der Waals surface area (Å²) in [7, 11) is 0. The molecule has 0 aliphatic carbocycles. The van der Waals surface area contributed by atoms with E-state index in [1.807, 2.05) is 0 Å². The van der Waals surface area contributed by atoms with E-state index in [2.05, 4.69) is 0 Å². The minimum absolute atomic E-state index is 0.111. The molecular formula is C11H5F3N2O5S. The molecule has 0 atom stereocenters. The third kappa shape index (κ3) is 2.83. The fourth-order valence-electron chi connectivity index (χ4n) is 1.68. The highest BCUT2D eigenvalue weighted by atomic mass is 32.1. The summed E-state index contributed by atoms with van der Waals surface area (Å²) in [6.07, 6.45) is -4.68. The van der Waals surface area contributed by atoms with Crippen LogP contribution < -0.4 is 5.32 Å². The van der Waals surface area contributed by atoms with Crippen LogP contribution in [0.1, 0.15) is 5.56 Å². The third-order valence-corrected chi connectivity index (χ3v) is 3.72. The van der Waals surface area contributed by atoms with Gasteiger partial charge in [-0.05, 0) is 18.2 Å². The van der Waals surface area contributed by atoms with Crippen LogP contribution in [0, 0.1) is 10.1 Å². The first kappa shape index (κ1) is 15.7. The number of nitro groups is 1. The van der Waals surface area contributed by atoms with E-state index in [1.54, 1.807) is 5.32 Å². The number of rotatable bonds is 2. The van der Waals surface area contributed by atoms with Gasteiger partial charge in [0.1, 0.15) is 5.69 Å². The van der Waals surface area contributed by atoms with Gasteiger partial charge in [-0.15, -0.1) is 0 Å². The van der Waals surface area contributed by atoms with Gasteiger partial charge in [0.2, 0.25) is 0 Å². The Balaban J connectivity index is 2.67. The number of hydrogen-bond acceptors (Lipinski definition) is 5. The number of nitrogens with one attached hydrogen (secondary N) is 1. The minimum atomic E-state index is -4.68. The van der Waals surface area contributed by atoms with Crippen molar-refractivity contribution in [3.05, 3.63) is 33.9 Å². The van der Waals surface area contributed by atoms with E-state index in [9.17, 15) is 32.9 Å². The fourth-order valence-corrected chi connectivity index (χ4v) is 2.63. The molecule has 22 heavy (non-hydrogen) atoms. The summed E-state index contributed by atoms with van der Waals surface area (Å²) >= 11 is 0.531. The van der Waals surface area contributed by atoms with Crippen LogP contribution in [-0.2, 0) is 15.8 Å². The monoisotopic (exact) mass is 334 g/mol. The molecule has 2 rings (SSSR count). The second-order valence-corrected chi connectivity index (χ2v) is 5.04. The molecular weight excluding hydrogens is 329 g/mol. The van der Waals surface area contributed by atoms with E-state index in [-0.39, 0.29) is 10.1 Å². The lowest BCUT2D eigenvalue weighted by Crippen LogP contribution is -2.22. The molecule has 0 unspecified atom stereocenters. The molecule has 11 heteroatoms. The minimum Gasteiger partial charge on any atom is -0.474 e. The van der Waals surface area contributed by atoms with Crippen LogP contribution in [0.15, 0.2) is 18.2 Å². The van der Waals surface area contributed by atoms with Gasteiger partial charge in [-0.25, -0.2) is 4.79 Å². The summed E-state index contributed by atoms with van der Waals surface area (Å²) in [5, 5.41) is 20.3. The van der Waals surface area contributed by atoms with Crippen molar-refractivity contribution in [2.24, 2.45) is 0 Å². The van der Waals surface area contributed by atoms with Crippen LogP contribution in [0.2, 0.25) is 0 Å². The Morgan fingerprint density at radius 3 is 2.45 bits per heavy atom. The van der Waals surface area contributed by atoms with E-state index in [1.165, 1.54) is 0 Å². The van der Waals surface area contributed by atoms with Gasteiger partial charge in [0.05, 0.1) is 10.5 Å². The number of halogens is 3. The second-order valence-electron chi connectivity index (χ2n) is 4.01. The van der Waals surface area contributed by atoms with Crippen molar-refractivity contribution in [2.75, 3.05) is 5.32 Å². The first-order valence-electron chi connectivity index (χ1n) is 5.43. The number of aliphatic carboxylic acids is 1. The molecule has 7 nitrogen and oxygen atoms in total. The van der Waals surface area contributed by atoms with Crippen molar-refractivity contribution in [3.63, 3.8) is 0 Å². The summed E-state index contributed by atoms with van der Waals surface area (Å²) in [6.45, 7) is 0. The maximum absolute atomic E-state index is 12.7. The zero-order valence-corrected chi connectivity index (χ0v) is 11.1. The number of carbonyl (C=O) groups excluding carboxylic acids is 1. The largest absolute Gasteiger partial charge is 0.474 e. The number of carboxylic acid groups (broad SMARTS) is 1. The van der Waals surface area contributed by atoms with Crippen molar-refractivity contribution in [1.29, 1.82) is 0 Å². The summed E-state index contributed by atoms with van der Waals surface area (Å²) < 4.78 is 38.2. The maximum Gasteiger partial charge on any atom is 0.416 e. The number of anilines is 1. The molecule has 0 aliphatic heterocycles. The molecule has 0 saturated carbocycles. The number of thiophene rings is 1. The SMILES string of the molecule is O=C(O)C(=O)Nc1c([N+](=O)[O-])sc2ccc(C(F)(F)F)cc12. The molecule has 0 aliphatic rings. The first-order valence-corrected chi connectivity index (χ1v) is 6.25. The standard InChI is InChI=1S/C11H5F3N2O5S/c12-11(13,14)4-1-2-6-5(3-4)7(9(22-6)16(20)21)15-8(17)10(18)19/h1-3H,(H,15,17)(H,18,19). The Labute approximate surface area is 123 Å². The van der Waals surface area contributed by atoms with E-state index in [0.717, 1.165) is 12.1 Å². The summed E-state index contributed by atoms with van der Waals surface area (Å²) in [6, 6.07) is 2.38. The van der Waals surface area contributed by atoms with Gasteiger partial charge >= 0.3 is 23.1 Å². The van der Waals surface area contributed by atoms with E-state index >= 15 is 0 Å². The van der Waals surface area contributed by atoms with Gasteiger partial charge in [0.15, 0.2) is 0 Å². The van der Waals surface area contributed by atoms with Crippen LogP contribution in [-0.4, -0.2) is 21.9 Å². The number of alkyl halides is 3. The predicted molar refractivity (Wildman–Crippen MR) is 69.7 cm³/mol. The Morgan fingerprint density at radius 1 is 1.32 bits per heavy atom. The molecule has 0 spiro atoms. The molecule has 116 valence electrons. The number of benzene rings is 1. The zero-order chi connectivity index (χ0) is 16.7. The van der Waals surface area contributed by atoms with Crippen molar-refractivity contribution < 1.29 is 32.8 Å². The van der Waals surface area contributed by atoms with Crippen LogP contribution in [0.5, 0.6) is 0 Å². The number of hydrogen-bond donors (Lipinski definition) is 2. The second kappa shape index (κ2) is 5.26. The van der Waals surface area contributed by atoms with Crippen molar-refractivity contribution >= 4 is 44.0 Å². The van der Waals surface area contributed by atoms with E-state index in [0.29, 0.717) is 17.4 Å². The van der Waals surface area contributed by atoms with Gasteiger partial charge in [-0.3, -0.25) is 14.9 Å². The van der Waals surface area contributed by atoms with Crippen LogP contribution in [0.4, 0.5) is 23.9 Å². The summed E-state index contributed by atoms with van der Waals surface area (Å²) in [4.78, 5) is 31.7. The molecule has 1 heterocycles. The molecule has 1 amide bonds. The van der Waals surface area contributed by atoms with Crippen LogP contribution in [0.25, 0.3) is 10.1 Å². The van der Waals surface area contributed by atoms with Crippen molar-refractivity contribution in [2.45, 2.75) is 6.18 Å². The number of amides is 1. The highest BCUT2D eigenvalue weighted by Crippen LogP contribution is 2.43. The molecule has 0 fully saturated rings. The Morgan fingerprint density at radius 2 is 1.95 bits per heavy atom. The average Bonchev–Trinajstić information content (AvgIpc) is 2.76. The van der Waals surface area contributed by atoms with Gasteiger partial charge in [0, 0.05) is 10.1 Å². The predicted octanol–water partition coefficient (Wildman–Crippen LogP) is 2.85. The van der Waals surface area contributed by atoms with E-state index < -0.39 is 39.2 Å². The highest BCUT2D eigenvalue weighted by Gasteiger charge is 2.32. The van der Waals surface area contributed by atoms with Gasteiger partial charge in [-0.1, -0.05) is 11.3 Å². The molecule has 1 aromatic heterocycles. The Hall–Kier alpha value is -2.69. The van der Waals surface area contributed by atoms with Gasteiger partial charge in [0.25, 0.3) is 0 Å². The number of fused-ring (bicyclic) bond motifs is 1. The first-order chi connectivity index (χ1) is 10.1. The third-order valence-electron chi connectivity index (χ3n) is 2.60. The normalized spacial score (nSPS) is 11.4. The quantitative estimate of drug-likeness (QED) is 0.498. The lowest BCUT2D eigenvalue weighted by Gasteiger charge is -2.06. The molecule has 2 N–H and O–H groups in total. The summed E-state index contributed by atoms with van der Waals surface area (Å²) in [5.74, 6) is -3.50. The van der Waals surface area contributed by atoms with E-state index in [4.69, 9.17) is 5.11 Å². The van der Waals surface area contributed by atoms with Crippen LogP contribution in [0.3, 0.4) is 0 Å². The number of nitrogens with zero attached hydrogens (tertiary/aromatic N) is 1. The highest BCUT2D eigenvalue weighted by molar-refractivity contribution is 7.23. The fraction of sp³-hybridized carbons (Fsp3) is 0.0909. The maximum atomic E-state index is 12.7. The summed E-state index contributed by atoms with van der Waals surface area (Å²) in [5.41, 5.74) is -1.64. The average molecular weight is 334 g/mol. The molecule has 2 aromatic rings. The zero-order valence-electron chi connectivity index (χ0n) is 10.3. The smallest absolute Gasteiger partial charge is 0.416 e. The Kier molecular flexibility index (Phi) is 3.75. The van der Waals surface area contributed by atoms with Crippen molar-refractivity contribution in [3.8, 4) is 0 Å². The lowest BCUT2D eigenvalue weighted by atomic mass is 10.1. The Bertz CT molecular complexity index is 799. The van der Waals surface area contributed by atoms with Gasteiger partial charge in [-0.2, -0.15) is 13.2 Å². The number of carbonyl (C=O) groups is 2. The molecule has 1 aromatic carbocycles. The molecule has 0 radical (unpaired) electrons. The van der Waals surface area contributed by atoms with Crippen molar-refractivity contribution in [1.82, 2.24) is 0 Å². The van der Waals surface area contributed by atoms with Gasteiger partial charge < -0.3 is 10.4 Å². The lowest BCUT2D eigenvalue weighted by molar-refractivity contribution is -0.379. The topological polar surface area (TPSA) is 110 Å². The molecule has 0 bridgehead atoms. The number of carboxylic acids is 1. The van der Waals surface area contributed by atoms with Crippen LogP contribution >= 0.6 is 11.3 Å². The molecule has 0 saturated heterocycles.